The predicted octanol–water partition coefficient (Wildman–Crippen LogP) is 2.02. The monoisotopic (exact) mass is 307 g/mol. The molecule has 0 saturated heterocycles. The first-order chi connectivity index (χ1) is 8.04. The number of hydrogen-bond acceptors (Lipinski definition) is 3. The first-order valence-corrected chi connectivity index (χ1v) is 5.84. The molecule has 1 rings (SSSR count). The molecule has 0 aliphatic carbocycles. The summed E-state index contributed by atoms with van der Waals surface area (Å²) in [4.78, 5) is 11.6. The van der Waals surface area contributed by atoms with E-state index in [1.54, 1.807) is 0 Å². The standard InChI is InChI=1S/C13H21N3O.2ClH/c1-9-5-4-6-10(2)13(9)15-8-12(17)16-11(3)7-14;;/h4-6,11,15H,7-8,14H2,1-3H3,(H,16,17);2*1H/t11-;;/m0../s1. The van der Waals surface area contributed by atoms with Crippen LogP contribution in [0.1, 0.15) is 18.1 Å². The maximum Gasteiger partial charge on any atom is 0.239 e. The topological polar surface area (TPSA) is 67.2 Å². The summed E-state index contributed by atoms with van der Waals surface area (Å²) >= 11 is 0. The van der Waals surface area contributed by atoms with Crippen LogP contribution < -0.4 is 16.4 Å². The first-order valence-electron chi connectivity index (χ1n) is 5.84. The first kappa shape index (κ1) is 20.3. The van der Waals surface area contributed by atoms with Gasteiger partial charge in [-0.1, -0.05) is 18.2 Å². The molecule has 4 nitrogen and oxygen atoms in total. The Morgan fingerprint density at radius 2 is 1.79 bits per heavy atom. The molecule has 0 aliphatic heterocycles. The summed E-state index contributed by atoms with van der Waals surface area (Å²) in [6.07, 6.45) is 0. The van der Waals surface area contributed by atoms with Crippen LogP contribution in [0.5, 0.6) is 0 Å². The Labute approximate surface area is 127 Å². The minimum atomic E-state index is -0.0365. The van der Waals surface area contributed by atoms with Crippen LogP contribution in [0.25, 0.3) is 0 Å². The van der Waals surface area contributed by atoms with E-state index in [1.807, 2.05) is 39.0 Å². The number of nitrogens with one attached hydrogen (secondary N) is 2. The van der Waals surface area contributed by atoms with Crippen LogP contribution in [0.2, 0.25) is 0 Å². The SMILES string of the molecule is Cc1cccc(C)c1NCC(=O)N[C@@H](C)CN.Cl.Cl. The molecule has 0 fully saturated rings. The highest BCUT2D eigenvalue weighted by Gasteiger charge is 2.07. The van der Waals surface area contributed by atoms with E-state index in [0.717, 1.165) is 16.8 Å². The number of benzene rings is 1. The van der Waals surface area contributed by atoms with Crippen molar-refractivity contribution in [2.45, 2.75) is 26.8 Å². The summed E-state index contributed by atoms with van der Waals surface area (Å²) in [5.74, 6) is -0.0365. The maximum atomic E-state index is 11.6. The van der Waals surface area contributed by atoms with Crippen LogP contribution in [0.15, 0.2) is 18.2 Å². The Hall–Kier alpha value is -0.970. The van der Waals surface area contributed by atoms with Crippen LogP contribution in [0.3, 0.4) is 0 Å². The fourth-order valence-electron chi connectivity index (χ4n) is 1.65. The highest BCUT2D eigenvalue weighted by Crippen LogP contribution is 2.18. The second kappa shape index (κ2) is 9.89. The number of para-hydroxylation sites is 1. The zero-order valence-corrected chi connectivity index (χ0v) is 13.2. The number of rotatable bonds is 5. The fraction of sp³-hybridized carbons (Fsp3) is 0.462. The Kier molecular flexibility index (Phi) is 10.6. The summed E-state index contributed by atoms with van der Waals surface area (Å²) in [7, 11) is 0. The number of hydrogen-bond donors (Lipinski definition) is 3. The van der Waals surface area contributed by atoms with E-state index >= 15 is 0 Å². The lowest BCUT2D eigenvalue weighted by Crippen LogP contribution is -2.40. The summed E-state index contributed by atoms with van der Waals surface area (Å²) in [6.45, 7) is 6.66. The Morgan fingerprint density at radius 1 is 1.26 bits per heavy atom. The highest BCUT2D eigenvalue weighted by atomic mass is 35.5. The second-order valence-corrected chi connectivity index (χ2v) is 4.32. The van der Waals surface area contributed by atoms with Crippen molar-refractivity contribution in [1.82, 2.24) is 5.32 Å². The van der Waals surface area contributed by atoms with Crippen LogP contribution >= 0.6 is 24.8 Å². The Morgan fingerprint density at radius 3 is 2.26 bits per heavy atom. The lowest BCUT2D eigenvalue weighted by molar-refractivity contribution is -0.119. The molecule has 0 aromatic heterocycles. The predicted molar refractivity (Wildman–Crippen MR) is 85.6 cm³/mol. The van der Waals surface area contributed by atoms with Gasteiger partial charge in [0.2, 0.25) is 5.91 Å². The van der Waals surface area contributed by atoms with Crippen molar-refractivity contribution < 1.29 is 4.79 Å². The van der Waals surface area contributed by atoms with Gasteiger partial charge in [0.1, 0.15) is 0 Å². The van der Waals surface area contributed by atoms with E-state index in [4.69, 9.17) is 5.73 Å². The van der Waals surface area contributed by atoms with Crippen molar-refractivity contribution in [1.29, 1.82) is 0 Å². The average molecular weight is 308 g/mol. The summed E-state index contributed by atoms with van der Waals surface area (Å²) in [6, 6.07) is 6.07. The van der Waals surface area contributed by atoms with Gasteiger partial charge in [-0.3, -0.25) is 4.79 Å². The number of halogens is 2. The molecule has 1 atom stereocenters. The highest BCUT2D eigenvalue weighted by molar-refractivity contribution is 5.85. The molecule has 0 unspecified atom stereocenters. The van der Waals surface area contributed by atoms with Gasteiger partial charge in [-0.15, -0.1) is 24.8 Å². The van der Waals surface area contributed by atoms with E-state index in [9.17, 15) is 4.79 Å². The zero-order chi connectivity index (χ0) is 12.8. The quantitative estimate of drug-likeness (QED) is 0.779. The third kappa shape index (κ3) is 6.66. The van der Waals surface area contributed by atoms with Crippen molar-refractivity contribution in [3.8, 4) is 0 Å². The number of carbonyl (C=O) groups is 1. The molecule has 19 heavy (non-hydrogen) atoms. The Bertz CT molecular complexity index is 379. The Balaban J connectivity index is 0. The van der Waals surface area contributed by atoms with Crippen LogP contribution in [-0.2, 0) is 4.79 Å². The van der Waals surface area contributed by atoms with Crippen molar-refractivity contribution in [2.75, 3.05) is 18.4 Å². The normalized spacial score (nSPS) is 10.7. The molecule has 1 aromatic carbocycles. The lowest BCUT2D eigenvalue weighted by Gasteiger charge is -2.14. The molecule has 0 aliphatic rings. The number of anilines is 1. The molecule has 4 N–H and O–H groups in total. The van der Waals surface area contributed by atoms with Gasteiger partial charge in [0, 0.05) is 18.3 Å². The van der Waals surface area contributed by atoms with Gasteiger partial charge in [0.05, 0.1) is 6.54 Å². The molecular weight excluding hydrogens is 285 g/mol. The minimum absolute atomic E-state index is 0. The van der Waals surface area contributed by atoms with Crippen LogP contribution in [-0.4, -0.2) is 25.0 Å². The van der Waals surface area contributed by atoms with E-state index in [-0.39, 0.29) is 43.3 Å². The van der Waals surface area contributed by atoms with Crippen LogP contribution in [0.4, 0.5) is 5.69 Å². The molecule has 0 bridgehead atoms. The smallest absolute Gasteiger partial charge is 0.239 e. The minimum Gasteiger partial charge on any atom is -0.376 e. The van der Waals surface area contributed by atoms with Crippen LogP contribution in [0, 0.1) is 13.8 Å². The molecule has 0 saturated carbocycles. The van der Waals surface area contributed by atoms with Gasteiger partial charge < -0.3 is 16.4 Å². The molecule has 110 valence electrons. The lowest BCUT2D eigenvalue weighted by atomic mass is 10.1. The van der Waals surface area contributed by atoms with Crippen molar-refractivity contribution in [3.05, 3.63) is 29.3 Å². The van der Waals surface area contributed by atoms with Gasteiger partial charge >= 0.3 is 0 Å². The molecule has 1 amide bonds. The number of aryl methyl sites for hydroxylation is 2. The fourth-order valence-corrected chi connectivity index (χ4v) is 1.65. The molecule has 0 radical (unpaired) electrons. The van der Waals surface area contributed by atoms with E-state index < -0.39 is 0 Å². The number of carbonyl (C=O) groups excluding carboxylic acids is 1. The molecule has 0 heterocycles. The van der Waals surface area contributed by atoms with Crippen molar-refractivity contribution >= 4 is 36.4 Å². The van der Waals surface area contributed by atoms with Gasteiger partial charge in [-0.2, -0.15) is 0 Å². The second-order valence-electron chi connectivity index (χ2n) is 4.32. The molecule has 0 spiro atoms. The molecule has 6 heteroatoms. The third-order valence-electron chi connectivity index (χ3n) is 2.67. The number of amides is 1. The third-order valence-corrected chi connectivity index (χ3v) is 2.67. The summed E-state index contributed by atoms with van der Waals surface area (Å²) in [5, 5.41) is 5.97. The van der Waals surface area contributed by atoms with E-state index in [0.29, 0.717) is 6.54 Å². The average Bonchev–Trinajstić information content (AvgIpc) is 2.28. The van der Waals surface area contributed by atoms with Gasteiger partial charge in [0.15, 0.2) is 0 Å². The largest absolute Gasteiger partial charge is 0.376 e. The van der Waals surface area contributed by atoms with Gasteiger partial charge in [-0.25, -0.2) is 0 Å². The van der Waals surface area contributed by atoms with E-state index in [2.05, 4.69) is 10.6 Å². The van der Waals surface area contributed by atoms with Crippen molar-refractivity contribution in [2.24, 2.45) is 5.73 Å². The number of nitrogens with two attached hydrogens (primary N) is 1. The van der Waals surface area contributed by atoms with E-state index in [1.165, 1.54) is 0 Å². The molecular formula is C13H23Cl2N3O. The van der Waals surface area contributed by atoms with Gasteiger partial charge in [0.25, 0.3) is 0 Å². The maximum absolute atomic E-state index is 11.6. The van der Waals surface area contributed by atoms with Crippen molar-refractivity contribution in [3.63, 3.8) is 0 Å². The zero-order valence-electron chi connectivity index (χ0n) is 11.5. The summed E-state index contributed by atoms with van der Waals surface area (Å²) < 4.78 is 0. The van der Waals surface area contributed by atoms with Gasteiger partial charge in [-0.05, 0) is 31.9 Å². The molecule has 1 aromatic rings. The summed E-state index contributed by atoms with van der Waals surface area (Å²) in [5.41, 5.74) is 8.76.